The van der Waals surface area contributed by atoms with Gasteiger partial charge in [-0.1, -0.05) is 30.3 Å². The van der Waals surface area contributed by atoms with Gasteiger partial charge in [0, 0.05) is 38.4 Å². The molecule has 0 aliphatic carbocycles. The largest absolute Gasteiger partial charge is 0.385 e. The first-order valence-corrected chi connectivity index (χ1v) is 11.3. The van der Waals surface area contributed by atoms with Gasteiger partial charge in [0.15, 0.2) is 5.69 Å². The van der Waals surface area contributed by atoms with Crippen molar-refractivity contribution in [1.82, 2.24) is 9.55 Å². The summed E-state index contributed by atoms with van der Waals surface area (Å²) in [6.07, 6.45) is 0.344. The van der Waals surface area contributed by atoms with Crippen LogP contribution in [0.3, 0.4) is 0 Å². The minimum atomic E-state index is -0.841. The molecule has 3 aromatic rings. The summed E-state index contributed by atoms with van der Waals surface area (Å²) in [5, 5.41) is 14.5. The van der Waals surface area contributed by atoms with E-state index in [4.69, 9.17) is 10.5 Å². The summed E-state index contributed by atoms with van der Waals surface area (Å²) in [6, 6.07) is 13.0. The smallest absolute Gasteiger partial charge is 0.330 e. The van der Waals surface area contributed by atoms with Crippen molar-refractivity contribution in [2.45, 2.75) is 19.9 Å². The highest BCUT2D eigenvalue weighted by molar-refractivity contribution is 6.08. The van der Waals surface area contributed by atoms with E-state index < -0.39 is 22.1 Å². The van der Waals surface area contributed by atoms with Crippen LogP contribution in [-0.2, 0) is 11.3 Å². The number of hydrogen-bond donors (Lipinski definition) is 3. The molecule has 0 spiro atoms. The van der Waals surface area contributed by atoms with Crippen LogP contribution in [0.15, 0.2) is 58.1 Å². The Morgan fingerprint density at radius 1 is 1.22 bits per heavy atom. The fourth-order valence-corrected chi connectivity index (χ4v) is 3.75. The van der Waals surface area contributed by atoms with Crippen LogP contribution in [0.25, 0.3) is 0 Å². The highest BCUT2D eigenvalue weighted by Gasteiger charge is 2.27. The fourth-order valence-electron chi connectivity index (χ4n) is 3.75. The van der Waals surface area contributed by atoms with E-state index in [1.807, 2.05) is 6.07 Å². The van der Waals surface area contributed by atoms with Crippen molar-refractivity contribution in [1.29, 1.82) is 0 Å². The standard InChI is InChI=1S/C24H28N6O6/c1-3-26-18-11-10-17(14-19(18)30(34)35)23(32)28(12-7-13-36-2)20-21(25)29(24(33)27-22(20)31)15-16-8-5-4-6-9-16/h4-6,8-11,14,26H,3,7,12-13,15,25H2,1-2H3,(H,27,31,33). The van der Waals surface area contributed by atoms with Gasteiger partial charge < -0.3 is 20.7 Å². The number of benzene rings is 2. The summed E-state index contributed by atoms with van der Waals surface area (Å²) in [7, 11) is 1.50. The van der Waals surface area contributed by atoms with E-state index in [9.17, 15) is 24.5 Å². The topological polar surface area (TPSA) is 166 Å². The second-order valence-corrected chi connectivity index (χ2v) is 7.89. The number of hydrogen-bond acceptors (Lipinski definition) is 8. The summed E-state index contributed by atoms with van der Waals surface area (Å²) in [4.78, 5) is 53.4. The molecule has 0 saturated heterocycles. The molecule has 190 valence electrons. The van der Waals surface area contributed by atoms with Gasteiger partial charge in [-0.05, 0) is 31.0 Å². The Hall–Kier alpha value is -4.45. The van der Waals surface area contributed by atoms with Crippen molar-refractivity contribution in [2.75, 3.05) is 42.8 Å². The normalized spacial score (nSPS) is 10.7. The lowest BCUT2D eigenvalue weighted by Crippen LogP contribution is -2.42. The molecule has 0 bridgehead atoms. The summed E-state index contributed by atoms with van der Waals surface area (Å²) in [6.45, 7) is 2.61. The number of carbonyl (C=O) groups excluding carboxylic acids is 1. The molecule has 3 rings (SSSR count). The number of nitrogens with two attached hydrogens (primary N) is 1. The van der Waals surface area contributed by atoms with Gasteiger partial charge in [-0.25, -0.2) is 4.79 Å². The van der Waals surface area contributed by atoms with Crippen molar-refractivity contribution < 1.29 is 14.5 Å². The quantitative estimate of drug-likeness (QED) is 0.206. The SMILES string of the molecule is CCNc1ccc(C(=O)N(CCCOC)c2c(N)n(Cc3ccccc3)c(=O)[nH]c2=O)cc1[N+](=O)[O-]. The van der Waals surface area contributed by atoms with E-state index >= 15 is 0 Å². The van der Waals surface area contributed by atoms with E-state index in [0.717, 1.165) is 16.5 Å². The summed E-state index contributed by atoms with van der Waals surface area (Å²) in [5.41, 5.74) is 5.24. The Kier molecular flexibility index (Phi) is 8.57. The number of rotatable bonds is 11. The molecular formula is C24H28N6O6. The van der Waals surface area contributed by atoms with Crippen LogP contribution in [0, 0.1) is 10.1 Å². The van der Waals surface area contributed by atoms with Gasteiger partial charge in [-0.2, -0.15) is 0 Å². The molecule has 0 unspecified atom stereocenters. The van der Waals surface area contributed by atoms with Crippen molar-refractivity contribution in [2.24, 2.45) is 0 Å². The van der Waals surface area contributed by atoms with E-state index in [1.54, 1.807) is 31.2 Å². The number of nitrogens with one attached hydrogen (secondary N) is 2. The zero-order chi connectivity index (χ0) is 26.2. The zero-order valence-electron chi connectivity index (χ0n) is 20.0. The Morgan fingerprint density at radius 3 is 2.58 bits per heavy atom. The molecule has 12 nitrogen and oxygen atoms in total. The number of H-pyrrole nitrogens is 1. The molecule has 1 aromatic heterocycles. The maximum absolute atomic E-state index is 13.6. The average Bonchev–Trinajstić information content (AvgIpc) is 2.86. The second kappa shape index (κ2) is 11.8. The average molecular weight is 497 g/mol. The maximum atomic E-state index is 13.6. The molecule has 1 amide bonds. The summed E-state index contributed by atoms with van der Waals surface area (Å²) >= 11 is 0. The molecule has 36 heavy (non-hydrogen) atoms. The maximum Gasteiger partial charge on any atom is 0.330 e. The number of methoxy groups -OCH3 is 1. The number of ether oxygens (including phenoxy) is 1. The van der Waals surface area contributed by atoms with E-state index in [2.05, 4.69) is 10.3 Å². The molecule has 0 aliphatic heterocycles. The second-order valence-electron chi connectivity index (χ2n) is 7.89. The minimum absolute atomic E-state index is 0.0135. The number of anilines is 3. The van der Waals surface area contributed by atoms with Crippen LogP contribution in [-0.4, -0.2) is 47.2 Å². The molecular weight excluding hydrogens is 468 g/mol. The molecule has 12 heteroatoms. The Bertz CT molecular complexity index is 1350. The van der Waals surface area contributed by atoms with Gasteiger partial charge in [0.25, 0.3) is 17.2 Å². The molecule has 1 heterocycles. The van der Waals surface area contributed by atoms with Gasteiger partial charge in [0.2, 0.25) is 0 Å². The molecule has 0 saturated carbocycles. The third-order valence-corrected chi connectivity index (χ3v) is 5.45. The predicted molar refractivity (Wildman–Crippen MR) is 137 cm³/mol. The molecule has 4 N–H and O–H groups in total. The van der Waals surface area contributed by atoms with Crippen molar-refractivity contribution >= 4 is 28.8 Å². The monoisotopic (exact) mass is 496 g/mol. The predicted octanol–water partition coefficient (Wildman–Crippen LogP) is 2.19. The highest BCUT2D eigenvalue weighted by Crippen LogP contribution is 2.28. The number of aromatic amines is 1. The van der Waals surface area contributed by atoms with Gasteiger partial charge in [0.05, 0.1) is 11.5 Å². The lowest BCUT2D eigenvalue weighted by Gasteiger charge is -2.24. The number of nitro benzene ring substituents is 1. The zero-order valence-corrected chi connectivity index (χ0v) is 20.0. The van der Waals surface area contributed by atoms with Crippen molar-refractivity contribution in [3.63, 3.8) is 0 Å². The van der Waals surface area contributed by atoms with Gasteiger partial charge in [-0.3, -0.25) is 29.3 Å². The van der Waals surface area contributed by atoms with Crippen LogP contribution < -0.4 is 27.2 Å². The Labute approximate surface area is 206 Å². The Balaban J connectivity index is 2.11. The van der Waals surface area contributed by atoms with E-state index in [0.29, 0.717) is 13.0 Å². The summed E-state index contributed by atoms with van der Waals surface area (Å²) in [5.74, 6) is -0.878. The van der Waals surface area contributed by atoms with Gasteiger partial charge in [0.1, 0.15) is 11.5 Å². The molecule has 0 atom stereocenters. The number of nitrogen functional groups attached to an aromatic ring is 1. The Morgan fingerprint density at radius 2 is 1.94 bits per heavy atom. The van der Waals surface area contributed by atoms with Crippen LogP contribution >= 0.6 is 0 Å². The van der Waals surface area contributed by atoms with Crippen molar-refractivity contribution in [3.8, 4) is 0 Å². The first-order chi connectivity index (χ1) is 17.3. The molecule has 0 radical (unpaired) electrons. The third kappa shape index (κ3) is 5.78. The van der Waals surface area contributed by atoms with Crippen LogP contribution in [0.4, 0.5) is 22.9 Å². The van der Waals surface area contributed by atoms with E-state index in [-0.39, 0.29) is 48.1 Å². The number of nitro groups is 1. The van der Waals surface area contributed by atoms with Crippen LogP contribution in [0.5, 0.6) is 0 Å². The molecule has 2 aromatic carbocycles. The van der Waals surface area contributed by atoms with E-state index in [1.165, 1.54) is 23.8 Å². The number of carbonyl (C=O) groups is 1. The number of aromatic nitrogens is 2. The highest BCUT2D eigenvalue weighted by atomic mass is 16.6. The minimum Gasteiger partial charge on any atom is -0.385 e. The first kappa shape index (κ1) is 26.2. The summed E-state index contributed by atoms with van der Waals surface area (Å²) < 4.78 is 6.25. The first-order valence-electron chi connectivity index (χ1n) is 11.3. The van der Waals surface area contributed by atoms with Gasteiger partial charge in [-0.15, -0.1) is 0 Å². The number of amides is 1. The lowest BCUT2D eigenvalue weighted by molar-refractivity contribution is -0.384. The van der Waals surface area contributed by atoms with Crippen molar-refractivity contribution in [3.05, 3.63) is 90.6 Å². The van der Waals surface area contributed by atoms with Gasteiger partial charge >= 0.3 is 5.69 Å². The number of nitrogens with zero attached hydrogens (tertiary/aromatic N) is 3. The lowest BCUT2D eigenvalue weighted by atomic mass is 10.1. The molecule has 0 aliphatic rings. The fraction of sp³-hybridized carbons (Fsp3) is 0.292. The van der Waals surface area contributed by atoms with Crippen LogP contribution in [0.1, 0.15) is 29.3 Å². The van der Waals surface area contributed by atoms with Crippen LogP contribution in [0.2, 0.25) is 0 Å². The molecule has 0 fully saturated rings. The third-order valence-electron chi connectivity index (χ3n) is 5.45.